The summed E-state index contributed by atoms with van der Waals surface area (Å²) in [7, 11) is 0. The summed E-state index contributed by atoms with van der Waals surface area (Å²) in [5, 5.41) is 16.1. The molecule has 0 aromatic heterocycles. The van der Waals surface area contributed by atoms with E-state index < -0.39 is 0 Å². The van der Waals surface area contributed by atoms with E-state index in [1.807, 2.05) is 175 Å². The van der Waals surface area contributed by atoms with E-state index in [9.17, 15) is 0 Å². The zero-order chi connectivity index (χ0) is 59.6. The number of rotatable bonds is 0. The largest absolute Gasteiger partial charge is 0.0683 e. The first-order valence-electron chi connectivity index (χ1n) is 30.4. The molecule has 0 aliphatic heterocycles. The Morgan fingerprint density at radius 1 is 0.165 bits per heavy atom. The smallest absolute Gasteiger partial charge is 0.00135 e. The summed E-state index contributed by atoms with van der Waals surface area (Å²) in [6.07, 6.45) is 1.10. The first kappa shape index (κ1) is 73.5. The van der Waals surface area contributed by atoms with Crippen molar-refractivity contribution in [1.29, 1.82) is 0 Å². The molecule has 0 radical (unpaired) electrons. The van der Waals surface area contributed by atoms with Crippen LogP contribution in [0.2, 0.25) is 0 Å². The number of benzene rings is 12. The Balaban J connectivity index is 0. The fourth-order valence-corrected chi connectivity index (χ4v) is 8.22. The summed E-state index contributed by atoms with van der Waals surface area (Å²) in [4.78, 5) is 0. The second kappa shape index (κ2) is 48.8. The van der Waals surface area contributed by atoms with Crippen molar-refractivity contribution in [2.45, 2.75) is 145 Å². The topological polar surface area (TPSA) is 0 Å². The van der Waals surface area contributed by atoms with Crippen LogP contribution in [0, 0.1) is 0 Å². The Bertz CT molecular complexity index is 2930. The van der Waals surface area contributed by atoms with Gasteiger partial charge >= 0.3 is 0 Å². The van der Waals surface area contributed by atoms with Crippen LogP contribution in [-0.2, 0) is 6.42 Å². The van der Waals surface area contributed by atoms with E-state index in [-0.39, 0.29) is 0 Å². The van der Waals surface area contributed by atoms with Crippen molar-refractivity contribution in [3.05, 3.63) is 266 Å². The third-order valence-corrected chi connectivity index (χ3v) is 11.1. The van der Waals surface area contributed by atoms with Crippen molar-refractivity contribution in [2.75, 3.05) is 0 Å². The van der Waals surface area contributed by atoms with Gasteiger partial charge in [0.05, 0.1) is 0 Å². The zero-order valence-corrected chi connectivity index (χ0v) is 53.0. The van der Waals surface area contributed by atoms with Crippen LogP contribution in [0.25, 0.3) is 75.8 Å². The van der Waals surface area contributed by atoms with E-state index >= 15 is 0 Å². The fourth-order valence-electron chi connectivity index (χ4n) is 8.22. The molecular formula is C79H104. The van der Waals surface area contributed by atoms with Gasteiger partial charge in [0.25, 0.3) is 0 Å². The van der Waals surface area contributed by atoms with Gasteiger partial charge in [-0.1, -0.05) is 393 Å². The summed E-state index contributed by atoms with van der Waals surface area (Å²) in [6.45, 7) is 40.0. The predicted molar refractivity (Wildman–Crippen MR) is 370 cm³/mol. The van der Waals surface area contributed by atoms with Crippen LogP contribution in [0.1, 0.15) is 150 Å². The van der Waals surface area contributed by atoms with Crippen molar-refractivity contribution in [2.24, 2.45) is 0 Å². The molecule has 0 heteroatoms. The summed E-state index contributed by atoms with van der Waals surface area (Å²) >= 11 is 0. The number of fused-ring (bicyclic) bond motifs is 7. The molecule has 0 N–H and O–H groups in total. The van der Waals surface area contributed by atoms with Crippen molar-refractivity contribution in [3.63, 3.8) is 0 Å². The van der Waals surface area contributed by atoms with Gasteiger partial charge in [0, 0.05) is 0 Å². The van der Waals surface area contributed by atoms with E-state index in [1.165, 1.54) is 86.9 Å². The third-order valence-electron chi connectivity index (χ3n) is 11.1. The molecule has 0 saturated heterocycles. The van der Waals surface area contributed by atoms with E-state index in [0.717, 1.165) is 6.42 Å². The van der Waals surface area contributed by atoms with Gasteiger partial charge in [-0.25, -0.2) is 0 Å². The van der Waals surface area contributed by atoms with Gasteiger partial charge in [0.1, 0.15) is 0 Å². The highest BCUT2D eigenvalue weighted by Crippen LogP contribution is 2.36. The average molecular weight is 1050 g/mol. The quantitative estimate of drug-likeness (QED) is 0.133. The van der Waals surface area contributed by atoms with Crippen LogP contribution < -0.4 is 0 Å². The van der Waals surface area contributed by atoms with E-state index in [4.69, 9.17) is 0 Å². The first-order chi connectivity index (χ1) is 39.3. The average Bonchev–Trinajstić information content (AvgIpc) is 3.98. The van der Waals surface area contributed by atoms with Gasteiger partial charge in [0.15, 0.2) is 0 Å². The van der Waals surface area contributed by atoms with Crippen LogP contribution in [0.3, 0.4) is 0 Å². The molecule has 0 saturated carbocycles. The molecule has 12 aromatic carbocycles. The summed E-state index contributed by atoms with van der Waals surface area (Å²) in [6, 6.07) is 89.2. The van der Waals surface area contributed by atoms with Crippen molar-refractivity contribution < 1.29 is 0 Å². The molecule has 1 aliphatic rings. The van der Waals surface area contributed by atoms with Crippen LogP contribution in [0.5, 0.6) is 0 Å². The lowest BCUT2D eigenvalue weighted by Gasteiger charge is -2.09. The molecule has 0 spiro atoms. The Morgan fingerprint density at radius 2 is 0.367 bits per heavy atom. The maximum Gasteiger partial charge on any atom is -0.00135 e. The molecule has 0 fully saturated rings. The highest BCUT2D eigenvalue weighted by Gasteiger charge is 2.16. The summed E-state index contributed by atoms with van der Waals surface area (Å²) in [5.74, 6) is 0. The van der Waals surface area contributed by atoms with Crippen LogP contribution in [-0.4, -0.2) is 0 Å². The normalized spacial score (nSPS) is 8.96. The Labute approximate surface area is 484 Å². The monoisotopic (exact) mass is 1050 g/mol. The number of hydrogen-bond donors (Lipinski definition) is 0. The summed E-state index contributed by atoms with van der Waals surface area (Å²) in [5.41, 5.74) is 5.75. The highest BCUT2D eigenvalue weighted by molar-refractivity contribution is 6.22. The summed E-state index contributed by atoms with van der Waals surface area (Å²) < 4.78 is 0. The van der Waals surface area contributed by atoms with Crippen LogP contribution >= 0.6 is 0 Å². The Kier molecular flexibility index (Phi) is 45.4. The molecule has 0 atom stereocenters. The van der Waals surface area contributed by atoms with Crippen LogP contribution in [0.15, 0.2) is 255 Å². The van der Waals surface area contributed by atoms with Crippen molar-refractivity contribution >= 4 is 64.6 Å². The SMILES string of the molecule is CC.CC.CC.CC.CC.CC.CC.CC.CC.CC.c1cc2ccc3cccc4ccc(c1)c2c34.c1ccc2c(c1)Cc1ccccc1-2.c1ccc2c(c1)ccc1ccccc12.c1ccc2ccccc2c1.c1ccccc1. The Hall–Kier alpha value is -7.54. The van der Waals surface area contributed by atoms with Crippen molar-refractivity contribution in [1.82, 2.24) is 0 Å². The predicted octanol–water partition coefficient (Wildman–Crippen LogP) is 26.6. The zero-order valence-electron chi connectivity index (χ0n) is 53.0. The lowest BCUT2D eigenvalue weighted by Crippen LogP contribution is -1.82. The Morgan fingerprint density at radius 3 is 0.646 bits per heavy atom. The molecule has 420 valence electrons. The van der Waals surface area contributed by atoms with E-state index in [2.05, 4.69) is 218 Å². The molecule has 79 heavy (non-hydrogen) atoms. The van der Waals surface area contributed by atoms with Gasteiger partial charge in [-0.05, 0) is 93.3 Å². The minimum Gasteiger partial charge on any atom is -0.0683 e. The lowest BCUT2D eigenvalue weighted by molar-refractivity contribution is 1.26. The minimum atomic E-state index is 1.10. The standard InChI is InChI=1S/C16H10.C14H10.C13H10.C10H8.C6H6.10C2H6/c1-3-11-7-9-13-5-2-6-14-10-8-12(4-1)15(11)16(13)14;1-3-7-13-11(5-1)9-10-12-6-2-4-8-14(12)13;1-3-7-12-10(5-1)9-11-6-2-4-8-13(11)12;1-2-6-10-8-4-3-7-9(10)5-1;1-2-4-6-5-3-1;10*1-2/h1-10H;1-10H;1-8H,9H2;1-8H;1-6H;10*1-2H3. The molecule has 12 aromatic rings. The first-order valence-corrected chi connectivity index (χ1v) is 30.4. The van der Waals surface area contributed by atoms with E-state index in [1.54, 1.807) is 0 Å². The third kappa shape index (κ3) is 23.1. The van der Waals surface area contributed by atoms with Crippen LogP contribution in [0.4, 0.5) is 0 Å². The number of hydrogen-bond acceptors (Lipinski definition) is 0. The van der Waals surface area contributed by atoms with Gasteiger partial charge < -0.3 is 0 Å². The molecule has 0 nitrogen and oxygen atoms in total. The van der Waals surface area contributed by atoms with Gasteiger partial charge in [-0.3, -0.25) is 0 Å². The van der Waals surface area contributed by atoms with E-state index in [0.29, 0.717) is 0 Å². The van der Waals surface area contributed by atoms with Gasteiger partial charge in [-0.2, -0.15) is 0 Å². The second-order valence-electron chi connectivity index (χ2n) is 14.8. The molecule has 13 rings (SSSR count). The molecule has 0 bridgehead atoms. The molecule has 0 heterocycles. The minimum absolute atomic E-state index is 1.10. The molecular weight excluding hydrogens is 949 g/mol. The molecule has 0 unspecified atom stereocenters. The maximum atomic E-state index is 2.22. The highest BCUT2D eigenvalue weighted by atomic mass is 14.2. The molecule has 0 amide bonds. The maximum absolute atomic E-state index is 2.22. The molecule has 1 aliphatic carbocycles. The fraction of sp³-hybridized carbons (Fsp3) is 0.266. The van der Waals surface area contributed by atoms with Crippen molar-refractivity contribution in [3.8, 4) is 11.1 Å². The lowest BCUT2D eigenvalue weighted by atomic mass is 9.95. The van der Waals surface area contributed by atoms with Gasteiger partial charge in [-0.15, -0.1) is 0 Å². The second-order valence-corrected chi connectivity index (χ2v) is 14.8. The van der Waals surface area contributed by atoms with Gasteiger partial charge in [0.2, 0.25) is 0 Å².